The van der Waals surface area contributed by atoms with Crippen molar-refractivity contribution in [2.75, 3.05) is 0 Å². The molecule has 0 aromatic rings. The van der Waals surface area contributed by atoms with Gasteiger partial charge in [0.1, 0.15) is 6.29 Å². The molecule has 34 valence electrons. The lowest BCUT2D eigenvalue weighted by atomic mass is 11.0. The number of nitrogens with zero attached hydrogens (tertiary/aromatic N) is 1. The number of carbonyl (C=O) groups is 1. The van der Waals surface area contributed by atoms with Gasteiger partial charge < -0.3 is 4.79 Å². The summed E-state index contributed by atoms with van der Waals surface area (Å²) in [5, 5.41) is 7.32. The number of hydrogen-bond donors (Lipinski definition) is 0. The molecule has 0 bridgehead atoms. The Morgan fingerprint density at radius 2 is 1.83 bits per heavy atom. The molecule has 0 N–H and O–H groups in total. The zero-order valence-corrected chi connectivity index (χ0v) is 3.93. The average molecular weight is 85.1 g/mol. The van der Waals surface area contributed by atoms with E-state index in [1.165, 1.54) is 13.8 Å². The van der Waals surface area contributed by atoms with Crippen molar-refractivity contribution in [3.05, 3.63) is 0 Å². The van der Waals surface area contributed by atoms with Crippen LogP contribution in [0.5, 0.6) is 0 Å². The second-order valence-corrected chi connectivity index (χ2v) is 0.459. The van der Waals surface area contributed by atoms with Crippen LogP contribution in [-0.2, 0) is 4.79 Å². The number of hydrogen-bond acceptors (Lipinski definition) is 2. The molecule has 0 aromatic heterocycles. The van der Waals surface area contributed by atoms with Crippen molar-refractivity contribution in [1.29, 1.82) is 5.26 Å². The van der Waals surface area contributed by atoms with Crippen LogP contribution >= 0.6 is 0 Å². The van der Waals surface area contributed by atoms with Gasteiger partial charge in [-0.2, -0.15) is 5.26 Å². The van der Waals surface area contributed by atoms with E-state index in [0.29, 0.717) is 0 Å². The molecule has 0 spiro atoms. The summed E-state index contributed by atoms with van der Waals surface area (Å²) in [6, 6.07) is 1.75. The van der Waals surface area contributed by atoms with Gasteiger partial charge in [0.15, 0.2) is 0 Å². The van der Waals surface area contributed by atoms with Crippen molar-refractivity contribution in [3.8, 4) is 6.07 Å². The molecule has 0 aliphatic carbocycles. The Bertz CT molecular complexity index is 53.1. The summed E-state index contributed by atoms with van der Waals surface area (Å²) in [5.74, 6) is 0. The van der Waals surface area contributed by atoms with Crippen LogP contribution in [-0.4, -0.2) is 6.29 Å². The zero-order valence-electron chi connectivity index (χ0n) is 3.93. The fourth-order valence-corrected chi connectivity index (χ4v) is 0. The lowest BCUT2D eigenvalue weighted by molar-refractivity contribution is -0.106. The third-order valence-corrected chi connectivity index (χ3v) is 0. The third kappa shape index (κ3) is 20.9. The summed E-state index contributed by atoms with van der Waals surface area (Å²) in [7, 11) is 0. The Morgan fingerprint density at radius 1 is 1.83 bits per heavy atom. The maximum absolute atomic E-state index is 8.81. The molecule has 0 aliphatic heterocycles. The molecule has 0 unspecified atom stereocenters. The summed E-state index contributed by atoms with van der Waals surface area (Å²) in [6.07, 6.45) is 0.750. The number of rotatable bonds is 0. The Labute approximate surface area is 37.4 Å². The minimum atomic E-state index is 0.750. The van der Waals surface area contributed by atoms with Crippen molar-refractivity contribution in [1.82, 2.24) is 0 Å². The fraction of sp³-hybridized carbons (Fsp3) is 0.500. The molecule has 6 heavy (non-hydrogen) atoms. The topological polar surface area (TPSA) is 40.9 Å². The van der Waals surface area contributed by atoms with Gasteiger partial charge in [0, 0.05) is 6.92 Å². The standard InChI is InChI=1S/C2H3N.C2H4O/c2*1-2-3/h1H3;2H,1H3. The quantitative estimate of drug-likeness (QED) is 0.407. The highest BCUT2D eigenvalue weighted by atomic mass is 16.1. The molecule has 0 fully saturated rings. The predicted octanol–water partition coefficient (Wildman–Crippen LogP) is 0.735. The lowest BCUT2D eigenvalue weighted by Gasteiger charge is -1.23. The van der Waals surface area contributed by atoms with Gasteiger partial charge in [0.2, 0.25) is 0 Å². The first-order valence-corrected chi connectivity index (χ1v) is 1.54. The van der Waals surface area contributed by atoms with Crippen molar-refractivity contribution < 1.29 is 4.79 Å². The average Bonchev–Trinajstić information content (AvgIpc) is 1.39. The smallest absolute Gasteiger partial charge is 0.116 e. The molecule has 2 heteroatoms. The summed E-state index contributed by atoms with van der Waals surface area (Å²) in [4.78, 5) is 8.81. The van der Waals surface area contributed by atoms with E-state index in [1.54, 1.807) is 6.07 Å². The minimum absolute atomic E-state index is 0.750. The van der Waals surface area contributed by atoms with Gasteiger partial charge in [-0.05, 0) is 6.92 Å². The Morgan fingerprint density at radius 3 is 1.83 bits per heavy atom. The lowest BCUT2D eigenvalue weighted by Crippen LogP contribution is -1.36. The Kier molecular flexibility index (Phi) is 46.0. The monoisotopic (exact) mass is 85.1 g/mol. The number of carbonyl (C=O) groups excluding carboxylic acids is 1. The first kappa shape index (κ1) is 8.94. The van der Waals surface area contributed by atoms with Gasteiger partial charge in [-0.15, -0.1) is 0 Å². The molecule has 0 aliphatic rings. The van der Waals surface area contributed by atoms with E-state index >= 15 is 0 Å². The van der Waals surface area contributed by atoms with Gasteiger partial charge in [0.05, 0.1) is 6.07 Å². The molecular weight excluding hydrogens is 78.0 g/mol. The first-order chi connectivity index (χ1) is 2.83. The van der Waals surface area contributed by atoms with Crippen LogP contribution in [0, 0.1) is 11.3 Å². The van der Waals surface area contributed by atoms with E-state index < -0.39 is 0 Å². The molecule has 0 aromatic carbocycles. The molecule has 0 saturated heterocycles. The maximum atomic E-state index is 8.81. The van der Waals surface area contributed by atoms with Crippen LogP contribution in [0.3, 0.4) is 0 Å². The molecule has 0 saturated carbocycles. The molecule has 0 atom stereocenters. The van der Waals surface area contributed by atoms with E-state index in [0.717, 1.165) is 6.29 Å². The Balaban J connectivity index is 0. The number of aldehydes is 1. The molecule has 0 amide bonds. The molecule has 2 nitrogen and oxygen atoms in total. The first-order valence-electron chi connectivity index (χ1n) is 1.54. The van der Waals surface area contributed by atoms with Crippen molar-refractivity contribution >= 4 is 6.29 Å². The maximum Gasteiger partial charge on any atom is 0.116 e. The molecule has 0 radical (unpaired) electrons. The van der Waals surface area contributed by atoms with Crippen LogP contribution in [0.4, 0.5) is 0 Å². The van der Waals surface area contributed by atoms with Crippen LogP contribution in [0.25, 0.3) is 0 Å². The minimum Gasteiger partial charge on any atom is -0.304 e. The zero-order chi connectivity index (χ0) is 5.41. The fourth-order valence-electron chi connectivity index (χ4n) is 0. The molecule has 0 heterocycles. The molecule has 0 rings (SSSR count). The summed E-state index contributed by atoms with van der Waals surface area (Å²) >= 11 is 0. The van der Waals surface area contributed by atoms with Crippen LogP contribution in [0.15, 0.2) is 0 Å². The number of nitriles is 1. The van der Waals surface area contributed by atoms with E-state index in [1.807, 2.05) is 0 Å². The second-order valence-electron chi connectivity index (χ2n) is 0.459. The highest BCUT2D eigenvalue weighted by Gasteiger charge is 1.24. The largest absolute Gasteiger partial charge is 0.304 e. The van der Waals surface area contributed by atoms with Crippen LogP contribution in [0.2, 0.25) is 0 Å². The van der Waals surface area contributed by atoms with Crippen LogP contribution in [0.1, 0.15) is 13.8 Å². The van der Waals surface area contributed by atoms with E-state index in [-0.39, 0.29) is 0 Å². The predicted molar refractivity (Wildman–Crippen MR) is 23.0 cm³/mol. The van der Waals surface area contributed by atoms with Gasteiger partial charge in [-0.25, -0.2) is 0 Å². The highest BCUT2D eigenvalue weighted by molar-refractivity contribution is 5.44. The summed E-state index contributed by atoms with van der Waals surface area (Å²) in [5.41, 5.74) is 0. The van der Waals surface area contributed by atoms with Crippen molar-refractivity contribution in [2.45, 2.75) is 13.8 Å². The SMILES string of the molecule is CC#N.CC=O. The van der Waals surface area contributed by atoms with E-state index in [9.17, 15) is 0 Å². The van der Waals surface area contributed by atoms with Gasteiger partial charge in [-0.1, -0.05) is 0 Å². The van der Waals surface area contributed by atoms with Gasteiger partial charge >= 0.3 is 0 Å². The highest BCUT2D eigenvalue weighted by Crippen LogP contribution is 1.21. The molecular formula is C4H7NO. The van der Waals surface area contributed by atoms with E-state index in [4.69, 9.17) is 10.1 Å². The Hall–Kier alpha value is -0.840. The van der Waals surface area contributed by atoms with E-state index in [2.05, 4.69) is 0 Å². The van der Waals surface area contributed by atoms with Gasteiger partial charge in [-0.3, -0.25) is 0 Å². The normalized spacial score (nSPS) is 3.50. The summed E-state index contributed by atoms with van der Waals surface area (Å²) < 4.78 is 0. The second kappa shape index (κ2) is 30.9. The van der Waals surface area contributed by atoms with Crippen molar-refractivity contribution in [2.24, 2.45) is 0 Å². The van der Waals surface area contributed by atoms with Crippen molar-refractivity contribution in [3.63, 3.8) is 0 Å². The summed E-state index contributed by atoms with van der Waals surface area (Å²) in [6.45, 7) is 2.88. The van der Waals surface area contributed by atoms with Gasteiger partial charge in [0.25, 0.3) is 0 Å². The van der Waals surface area contributed by atoms with Crippen LogP contribution < -0.4 is 0 Å². The third-order valence-electron chi connectivity index (χ3n) is 0.